The van der Waals surface area contributed by atoms with Crippen molar-refractivity contribution < 1.29 is 9.59 Å². The van der Waals surface area contributed by atoms with Crippen molar-refractivity contribution in [2.24, 2.45) is 5.92 Å². The van der Waals surface area contributed by atoms with E-state index >= 15 is 0 Å². The highest BCUT2D eigenvalue weighted by atomic mass is 79.9. The van der Waals surface area contributed by atoms with Crippen LogP contribution in [0.5, 0.6) is 0 Å². The van der Waals surface area contributed by atoms with Crippen molar-refractivity contribution in [3.8, 4) is 11.8 Å². The molecule has 0 saturated carbocycles. The Bertz CT molecular complexity index is 738. The number of ketones is 2. The third-order valence-corrected chi connectivity index (χ3v) is 4.11. The normalized spacial score (nSPS) is 11.5. The lowest BCUT2D eigenvalue weighted by molar-refractivity contribution is -0.130. The number of hydrogen-bond acceptors (Lipinski definition) is 2. The number of halogens is 1. The predicted octanol–water partition coefficient (Wildman–Crippen LogP) is 4.38. The Hall–Kier alpha value is -2.18. The fraction of sp³-hybridized carbons (Fsp3) is 0.200. The highest BCUT2D eigenvalue weighted by molar-refractivity contribution is 9.10. The zero-order chi connectivity index (χ0) is 16.8. The van der Waals surface area contributed by atoms with Crippen LogP contribution in [0.1, 0.15) is 30.9 Å². The molecule has 3 heteroatoms. The Morgan fingerprint density at radius 2 is 1.48 bits per heavy atom. The third-order valence-electron chi connectivity index (χ3n) is 3.58. The summed E-state index contributed by atoms with van der Waals surface area (Å²) in [4.78, 5) is 24.0. The van der Waals surface area contributed by atoms with E-state index in [1.54, 1.807) is 0 Å². The Morgan fingerprint density at radius 1 is 0.913 bits per heavy atom. The van der Waals surface area contributed by atoms with Crippen LogP contribution >= 0.6 is 15.9 Å². The lowest BCUT2D eigenvalue weighted by Crippen LogP contribution is -2.26. The van der Waals surface area contributed by atoms with E-state index in [4.69, 9.17) is 0 Å². The molecule has 2 nitrogen and oxygen atoms in total. The number of rotatable bonds is 4. The summed E-state index contributed by atoms with van der Waals surface area (Å²) in [7, 11) is 0. The SMILES string of the molecule is CC(=O)C(C(C)=O)[C@@H](C#Cc1ccccc1)c1ccc(Br)cc1. The second-order valence-corrected chi connectivity index (χ2v) is 6.28. The van der Waals surface area contributed by atoms with Gasteiger partial charge >= 0.3 is 0 Å². The molecule has 2 aromatic carbocycles. The average Bonchev–Trinajstić information content (AvgIpc) is 2.52. The van der Waals surface area contributed by atoms with Crippen molar-refractivity contribution in [1.82, 2.24) is 0 Å². The Balaban J connectivity index is 2.47. The maximum Gasteiger partial charge on any atom is 0.141 e. The summed E-state index contributed by atoms with van der Waals surface area (Å²) in [6, 6.07) is 17.1. The number of hydrogen-bond donors (Lipinski definition) is 0. The van der Waals surface area contributed by atoms with Crippen LogP contribution in [0.2, 0.25) is 0 Å². The summed E-state index contributed by atoms with van der Waals surface area (Å²) in [5.41, 5.74) is 1.73. The van der Waals surface area contributed by atoms with Crippen LogP contribution in [-0.4, -0.2) is 11.6 Å². The van der Waals surface area contributed by atoms with Gasteiger partial charge in [0.15, 0.2) is 0 Å². The Labute approximate surface area is 145 Å². The molecular formula is C20H17BrO2. The second kappa shape index (κ2) is 7.89. The van der Waals surface area contributed by atoms with Crippen molar-refractivity contribution in [2.45, 2.75) is 19.8 Å². The molecule has 0 aliphatic rings. The molecule has 2 rings (SSSR count). The first-order chi connectivity index (χ1) is 11.0. The van der Waals surface area contributed by atoms with E-state index in [2.05, 4.69) is 27.8 Å². The molecule has 0 unspecified atom stereocenters. The van der Waals surface area contributed by atoms with Crippen molar-refractivity contribution in [1.29, 1.82) is 0 Å². The minimum absolute atomic E-state index is 0.159. The molecule has 2 aromatic rings. The molecular weight excluding hydrogens is 352 g/mol. The highest BCUT2D eigenvalue weighted by Gasteiger charge is 2.29. The van der Waals surface area contributed by atoms with Gasteiger partial charge in [-0.1, -0.05) is 58.1 Å². The Kier molecular flexibility index (Phi) is 5.90. The molecule has 0 bridgehead atoms. The van der Waals surface area contributed by atoms with E-state index < -0.39 is 11.8 Å². The third kappa shape index (κ3) is 4.64. The fourth-order valence-corrected chi connectivity index (χ4v) is 2.73. The van der Waals surface area contributed by atoms with Crippen LogP contribution in [-0.2, 0) is 9.59 Å². The van der Waals surface area contributed by atoms with Crippen molar-refractivity contribution in [3.05, 3.63) is 70.2 Å². The monoisotopic (exact) mass is 368 g/mol. The zero-order valence-corrected chi connectivity index (χ0v) is 14.6. The molecule has 23 heavy (non-hydrogen) atoms. The number of benzene rings is 2. The molecule has 0 fully saturated rings. The fourth-order valence-electron chi connectivity index (χ4n) is 2.47. The standard InChI is InChI=1S/C20H17BrO2/c1-14(22)20(15(2)23)19(17-9-11-18(21)12-10-17)13-8-16-6-4-3-5-7-16/h3-7,9-12,19-20H,1-2H3/t19-/m0/s1. The zero-order valence-electron chi connectivity index (χ0n) is 13.0. The molecule has 0 aliphatic carbocycles. The van der Waals surface area contributed by atoms with Gasteiger partial charge in [-0.15, -0.1) is 0 Å². The largest absolute Gasteiger partial charge is 0.299 e. The van der Waals surface area contributed by atoms with Gasteiger partial charge in [0.2, 0.25) is 0 Å². The second-order valence-electron chi connectivity index (χ2n) is 5.36. The number of Topliss-reactive ketones (excluding diaryl/α,β-unsaturated/α-hetero) is 2. The van der Waals surface area contributed by atoms with Gasteiger partial charge in [0.1, 0.15) is 11.6 Å². The molecule has 0 aliphatic heterocycles. The van der Waals surface area contributed by atoms with Gasteiger partial charge in [0.05, 0.1) is 11.8 Å². The average molecular weight is 369 g/mol. The number of carbonyl (C=O) groups excluding carboxylic acids is 2. The molecule has 0 heterocycles. The quantitative estimate of drug-likeness (QED) is 0.592. The van der Waals surface area contributed by atoms with Crippen LogP contribution in [0.3, 0.4) is 0 Å². The molecule has 0 aromatic heterocycles. The maximum absolute atomic E-state index is 12.0. The van der Waals surface area contributed by atoms with Gasteiger partial charge in [-0.3, -0.25) is 9.59 Å². The molecule has 1 atom stereocenters. The molecule has 0 saturated heterocycles. The van der Waals surface area contributed by atoms with Crippen LogP contribution in [0.4, 0.5) is 0 Å². The molecule has 0 radical (unpaired) electrons. The summed E-state index contributed by atoms with van der Waals surface area (Å²) in [5.74, 6) is 4.70. The summed E-state index contributed by atoms with van der Waals surface area (Å²) in [6.07, 6.45) is 0. The van der Waals surface area contributed by atoms with Gasteiger partial charge < -0.3 is 0 Å². The van der Waals surface area contributed by atoms with E-state index in [1.165, 1.54) is 13.8 Å². The van der Waals surface area contributed by atoms with Crippen molar-refractivity contribution in [2.75, 3.05) is 0 Å². The maximum atomic E-state index is 12.0. The lowest BCUT2D eigenvalue weighted by Gasteiger charge is -2.19. The van der Waals surface area contributed by atoms with Crippen LogP contribution in [0.15, 0.2) is 59.1 Å². The van der Waals surface area contributed by atoms with E-state index in [0.717, 1.165) is 15.6 Å². The molecule has 0 spiro atoms. The van der Waals surface area contributed by atoms with Gasteiger partial charge in [-0.2, -0.15) is 0 Å². The smallest absolute Gasteiger partial charge is 0.141 e. The van der Waals surface area contributed by atoms with E-state index in [-0.39, 0.29) is 11.6 Å². The first kappa shape index (κ1) is 17.2. The van der Waals surface area contributed by atoms with Gasteiger partial charge in [-0.25, -0.2) is 0 Å². The number of carbonyl (C=O) groups is 2. The van der Waals surface area contributed by atoms with Crippen LogP contribution in [0, 0.1) is 17.8 Å². The lowest BCUT2D eigenvalue weighted by atomic mass is 9.81. The van der Waals surface area contributed by atoms with Gasteiger partial charge in [0, 0.05) is 10.0 Å². The summed E-state index contributed by atoms with van der Waals surface area (Å²) in [5, 5.41) is 0. The van der Waals surface area contributed by atoms with Crippen LogP contribution < -0.4 is 0 Å². The molecule has 0 N–H and O–H groups in total. The summed E-state index contributed by atoms with van der Waals surface area (Å²) in [6.45, 7) is 2.89. The molecule has 0 amide bonds. The van der Waals surface area contributed by atoms with Crippen molar-refractivity contribution in [3.63, 3.8) is 0 Å². The minimum Gasteiger partial charge on any atom is -0.299 e. The van der Waals surface area contributed by atoms with Gasteiger partial charge in [0.25, 0.3) is 0 Å². The first-order valence-electron chi connectivity index (χ1n) is 7.32. The highest BCUT2D eigenvalue weighted by Crippen LogP contribution is 2.27. The predicted molar refractivity (Wildman–Crippen MR) is 95.1 cm³/mol. The van der Waals surface area contributed by atoms with Crippen LogP contribution in [0.25, 0.3) is 0 Å². The van der Waals surface area contributed by atoms with E-state index in [9.17, 15) is 9.59 Å². The van der Waals surface area contributed by atoms with E-state index in [1.807, 2.05) is 54.6 Å². The van der Waals surface area contributed by atoms with Gasteiger partial charge in [-0.05, 0) is 43.7 Å². The van der Waals surface area contributed by atoms with E-state index in [0.29, 0.717) is 0 Å². The minimum atomic E-state index is -0.743. The molecule has 116 valence electrons. The Morgan fingerprint density at radius 3 is 2.00 bits per heavy atom. The topological polar surface area (TPSA) is 34.1 Å². The summed E-state index contributed by atoms with van der Waals surface area (Å²) < 4.78 is 0.943. The van der Waals surface area contributed by atoms with Crippen molar-refractivity contribution >= 4 is 27.5 Å². The summed E-state index contributed by atoms with van der Waals surface area (Å²) >= 11 is 3.40. The first-order valence-corrected chi connectivity index (χ1v) is 8.11.